The first-order chi connectivity index (χ1) is 7.40. The Morgan fingerprint density at radius 2 is 1.80 bits per heavy atom. The van der Waals surface area contributed by atoms with E-state index >= 15 is 0 Å². The summed E-state index contributed by atoms with van der Waals surface area (Å²) in [5, 5.41) is 17.1. The number of hydrogen-bond acceptors (Lipinski definition) is 9. The van der Waals surface area contributed by atoms with Gasteiger partial charge in [0, 0.05) is 0 Å². The predicted molar refractivity (Wildman–Crippen MR) is 47.6 cm³/mol. The summed E-state index contributed by atoms with van der Waals surface area (Å²) >= 11 is 0. The maximum absolute atomic E-state index is 3.93. The second-order valence-corrected chi connectivity index (χ2v) is 2.57. The normalized spacial score (nSPS) is 11.7. The molecule has 2 bridgehead atoms. The minimum absolute atomic E-state index is 0.282. The van der Waals surface area contributed by atoms with Gasteiger partial charge in [-0.15, -0.1) is 15.3 Å². The summed E-state index contributed by atoms with van der Waals surface area (Å²) in [4.78, 5) is 11.7. The number of aromatic amines is 1. The van der Waals surface area contributed by atoms with Gasteiger partial charge in [-0.05, 0) is 0 Å². The number of aromatic nitrogens is 6. The third-order valence-electron chi connectivity index (χ3n) is 1.56. The van der Waals surface area contributed by atoms with Crippen LogP contribution in [-0.4, -0.2) is 30.4 Å². The fourth-order valence-corrected chi connectivity index (χ4v) is 0.971. The summed E-state index contributed by atoms with van der Waals surface area (Å²) in [6.07, 6.45) is 1.57. The number of nitrogens with zero attached hydrogens (tertiary/aromatic N) is 7. The van der Waals surface area contributed by atoms with Crippen molar-refractivity contribution in [3.05, 3.63) is 6.20 Å². The second-order valence-electron chi connectivity index (χ2n) is 2.57. The Morgan fingerprint density at radius 1 is 1.00 bits per heavy atom. The predicted octanol–water partition coefficient (Wildman–Crippen LogP) is 0.157. The Morgan fingerprint density at radius 3 is 2.47 bits per heavy atom. The molecule has 0 saturated heterocycles. The van der Waals surface area contributed by atoms with Crippen molar-refractivity contribution in [1.29, 1.82) is 0 Å². The molecule has 3 rings (SSSR count). The molecular weight excluding hydrogens is 200 g/mol. The molecule has 0 saturated carbocycles. The summed E-state index contributed by atoms with van der Waals surface area (Å²) in [6, 6.07) is 0. The van der Waals surface area contributed by atoms with Crippen LogP contribution in [0.25, 0.3) is 0 Å². The van der Waals surface area contributed by atoms with Crippen molar-refractivity contribution < 1.29 is 0 Å². The molecule has 0 radical (unpaired) electrons. The van der Waals surface area contributed by atoms with Crippen LogP contribution in [0.3, 0.4) is 0 Å². The van der Waals surface area contributed by atoms with Gasteiger partial charge in [-0.3, -0.25) is 16.0 Å². The molecule has 0 unspecified atom stereocenters. The van der Waals surface area contributed by atoms with E-state index in [1.54, 1.807) is 6.20 Å². The first-order valence-electron chi connectivity index (χ1n) is 3.96. The molecule has 10 heteroatoms. The van der Waals surface area contributed by atoms with E-state index in [9.17, 15) is 0 Å². The summed E-state index contributed by atoms with van der Waals surface area (Å²) < 4.78 is 0. The monoisotopic (exact) mass is 204 g/mol. The van der Waals surface area contributed by atoms with Crippen LogP contribution in [-0.2, 0) is 0 Å². The minimum Gasteiger partial charge on any atom is -0.279 e. The molecule has 3 heterocycles. The van der Waals surface area contributed by atoms with Gasteiger partial charge in [-0.2, -0.15) is 15.0 Å². The summed E-state index contributed by atoms with van der Waals surface area (Å²) in [5.41, 5.74) is 5.45. The van der Waals surface area contributed by atoms with E-state index in [2.05, 4.69) is 51.4 Å². The van der Waals surface area contributed by atoms with E-state index < -0.39 is 0 Å². The number of rotatable bonds is 3. The van der Waals surface area contributed by atoms with Crippen LogP contribution in [0.5, 0.6) is 0 Å². The summed E-state index contributed by atoms with van der Waals surface area (Å²) in [7, 11) is 0. The highest BCUT2D eigenvalue weighted by Crippen LogP contribution is 2.21. The van der Waals surface area contributed by atoms with Crippen LogP contribution >= 0.6 is 0 Å². The number of H-pyrrole nitrogens is 1. The fraction of sp³-hybridized carbons (Fsp3) is 0. The third-order valence-corrected chi connectivity index (χ3v) is 1.56. The van der Waals surface area contributed by atoms with E-state index in [4.69, 9.17) is 0 Å². The van der Waals surface area contributed by atoms with Crippen molar-refractivity contribution in [3.63, 3.8) is 0 Å². The molecule has 0 atom stereocenters. The standard InChI is InChI=1S/C5H4N10/c1-2(11-15-6-1)10-12-3-7-4-9-5(8-3)14-13-4/h1H,(H2,6,10,11,15)(H,7,8,9,12). The van der Waals surface area contributed by atoms with Crippen molar-refractivity contribution in [3.8, 4) is 0 Å². The van der Waals surface area contributed by atoms with Gasteiger partial charge in [0.15, 0.2) is 5.82 Å². The molecule has 0 fully saturated rings. The molecule has 1 aliphatic rings. The highest BCUT2D eigenvalue weighted by atomic mass is 15.5. The van der Waals surface area contributed by atoms with Crippen LogP contribution in [0, 0.1) is 0 Å². The van der Waals surface area contributed by atoms with Crippen LogP contribution in [0.4, 0.5) is 23.7 Å². The zero-order valence-corrected chi connectivity index (χ0v) is 7.21. The molecule has 3 N–H and O–H groups in total. The topological polar surface area (TPSA) is 129 Å². The van der Waals surface area contributed by atoms with Gasteiger partial charge in [0.1, 0.15) is 0 Å². The van der Waals surface area contributed by atoms with E-state index in [0.717, 1.165) is 0 Å². The SMILES string of the molecule is c1[nH]nnc1NNc1nc2nc(n1)N=N2. The van der Waals surface area contributed by atoms with Crippen molar-refractivity contribution in [1.82, 2.24) is 30.4 Å². The molecule has 2 aromatic rings. The lowest BCUT2D eigenvalue weighted by atomic mass is 10.8. The third kappa shape index (κ3) is 1.43. The minimum atomic E-state index is 0.282. The van der Waals surface area contributed by atoms with Crippen LogP contribution in [0.1, 0.15) is 0 Å². The zero-order chi connectivity index (χ0) is 10.1. The lowest BCUT2D eigenvalue weighted by molar-refractivity contribution is 0.940. The molecular formula is C5H4N10. The first kappa shape index (κ1) is 7.73. The Bertz CT molecular complexity index is 476. The van der Waals surface area contributed by atoms with Gasteiger partial charge < -0.3 is 0 Å². The second kappa shape index (κ2) is 2.94. The highest BCUT2D eigenvalue weighted by Gasteiger charge is 2.10. The number of fused-ring (bicyclic) bond motifs is 2. The Hall–Kier alpha value is -2.65. The van der Waals surface area contributed by atoms with Gasteiger partial charge in [0.25, 0.3) is 11.9 Å². The lowest BCUT2D eigenvalue weighted by Crippen LogP contribution is -2.11. The van der Waals surface area contributed by atoms with Gasteiger partial charge in [0.2, 0.25) is 5.95 Å². The molecule has 0 spiro atoms. The van der Waals surface area contributed by atoms with Gasteiger partial charge in [0.05, 0.1) is 6.20 Å². The average Bonchev–Trinajstić information content (AvgIpc) is 2.86. The molecule has 15 heavy (non-hydrogen) atoms. The van der Waals surface area contributed by atoms with Gasteiger partial charge in [-0.1, -0.05) is 5.21 Å². The van der Waals surface area contributed by atoms with Crippen molar-refractivity contribution in [2.75, 3.05) is 10.9 Å². The van der Waals surface area contributed by atoms with E-state index in [-0.39, 0.29) is 11.9 Å². The van der Waals surface area contributed by atoms with Crippen LogP contribution < -0.4 is 10.9 Å². The Kier molecular flexibility index (Phi) is 1.51. The van der Waals surface area contributed by atoms with Gasteiger partial charge in [-0.25, -0.2) is 0 Å². The van der Waals surface area contributed by atoms with E-state index in [1.807, 2.05) is 0 Å². The highest BCUT2D eigenvalue weighted by molar-refractivity contribution is 5.43. The molecule has 10 nitrogen and oxygen atoms in total. The summed E-state index contributed by atoms with van der Waals surface area (Å²) in [5.74, 6) is 1.41. The maximum atomic E-state index is 3.93. The zero-order valence-electron chi connectivity index (χ0n) is 7.21. The largest absolute Gasteiger partial charge is 0.279 e. The van der Waals surface area contributed by atoms with E-state index in [1.165, 1.54) is 0 Å². The molecule has 0 amide bonds. The van der Waals surface area contributed by atoms with Crippen LogP contribution in [0.2, 0.25) is 0 Å². The molecule has 74 valence electrons. The number of hydrogen-bond donors (Lipinski definition) is 3. The fourth-order valence-electron chi connectivity index (χ4n) is 0.971. The smallest absolute Gasteiger partial charge is 0.275 e. The number of nitrogens with one attached hydrogen (secondary N) is 3. The van der Waals surface area contributed by atoms with Crippen molar-refractivity contribution in [2.45, 2.75) is 0 Å². The maximum Gasteiger partial charge on any atom is 0.275 e. The average molecular weight is 204 g/mol. The van der Waals surface area contributed by atoms with Gasteiger partial charge >= 0.3 is 0 Å². The van der Waals surface area contributed by atoms with Crippen molar-refractivity contribution >= 4 is 23.7 Å². The molecule has 1 aliphatic heterocycles. The molecule has 0 aliphatic carbocycles. The Balaban J connectivity index is 1.74. The summed E-state index contributed by atoms with van der Waals surface area (Å²) in [6.45, 7) is 0. The quantitative estimate of drug-likeness (QED) is 0.518. The van der Waals surface area contributed by atoms with E-state index in [0.29, 0.717) is 11.8 Å². The molecule has 0 aromatic carbocycles. The molecule has 2 aromatic heterocycles. The van der Waals surface area contributed by atoms with Crippen molar-refractivity contribution in [2.24, 2.45) is 10.2 Å². The number of azo groups is 1. The lowest BCUT2D eigenvalue weighted by Gasteiger charge is -2.02. The first-order valence-corrected chi connectivity index (χ1v) is 3.96. The number of hydrazine groups is 1. The Labute approximate surface area is 82.2 Å². The number of anilines is 2. The van der Waals surface area contributed by atoms with Crippen LogP contribution in [0.15, 0.2) is 16.4 Å².